The SMILES string of the molecule is CCCCCCCCOC(=O)c1cccc(-c2ccccc2C)c1C(=O)OCCCCCCCC. The molecule has 0 amide bonds. The Morgan fingerprint density at radius 1 is 0.600 bits per heavy atom. The second-order valence-corrected chi connectivity index (χ2v) is 9.35. The number of carbonyl (C=O) groups is 2. The first-order valence-corrected chi connectivity index (χ1v) is 13.6. The number of rotatable bonds is 17. The van der Waals surface area contributed by atoms with Gasteiger partial charge < -0.3 is 9.47 Å². The summed E-state index contributed by atoms with van der Waals surface area (Å²) in [6, 6.07) is 13.3. The molecule has 0 radical (unpaired) electrons. The first-order chi connectivity index (χ1) is 17.1. The van der Waals surface area contributed by atoms with Crippen LogP contribution >= 0.6 is 0 Å². The van der Waals surface area contributed by atoms with Crippen molar-refractivity contribution < 1.29 is 19.1 Å². The van der Waals surface area contributed by atoms with Gasteiger partial charge >= 0.3 is 11.9 Å². The molecule has 0 spiro atoms. The van der Waals surface area contributed by atoms with Crippen LogP contribution in [0.25, 0.3) is 11.1 Å². The van der Waals surface area contributed by atoms with Crippen LogP contribution in [0, 0.1) is 6.92 Å². The lowest BCUT2D eigenvalue weighted by atomic mass is 9.92. The highest BCUT2D eigenvalue weighted by atomic mass is 16.5. The van der Waals surface area contributed by atoms with Crippen molar-refractivity contribution in [1.29, 1.82) is 0 Å². The molecule has 0 unspecified atom stereocenters. The van der Waals surface area contributed by atoms with E-state index in [-0.39, 0.29) is 5.56 Å². The van der Waals surface area contributed by atoms with Crippen LogP contribution < -0.4 is 0 Å². The van der Waals surface area contributed by atoms with Gasteiger partial charge in [0.15, 0.2) is 0 Å². The molecule has 0 bridgehead atoms. The summed E-state index contributed by atoms with van der Waals surface area (Å²) in [5.41, 5.74) is 3.26. The number of esters is 2. The van der Waals surface area contributed by atoms with E-state index in [1.54, 1.807) is 6.07 Å². The third-order valence-corrected chi connectivity index (χ3v) is 6.39. The van der Waals surface area contributed by atoms with Gasteiger partial charge in [0, 0.05) is 0 Å². The molecule has 0 heterocycles. The minimum atomic E-state index is -0.458. The molecule has 0 aliphatic heterocycles. The van der Waals surface area contributed by atoms with Gasteiger partial charge in [0.2, 0.25) is 0 Å². The maximum atomic E-state index is 13.3. The molecule has 0 aliphatic carbocycles. The number of unbranched alkanes of at least 4 members (excludes halogenated alkanes) is 10. The smallest absolute Gasteiger partial charge is 0.339 e. The average molecular weight is 481 g/mol. The second kappa shape index (κ2) is 16.9. The topological polar surface area (TPSA) is 52.6 Å². The molecule has 0 aromatic heterocycles. The molecular weight excluding hydrogens is 436 g/mol. The second-order valence-electron chi connectivity index (χ2n) is 9.35. The maximum absolute atomic E-state index is 13.3. The molecule has 0 atom stereocenters. The van der Waals surface area contributed by atoms with E-state index in [0.29, 0.717) is 24.3 Å². The van der Waals surface area contributed by atoms with E-state index in [4.69, 9.17) is 9.47 Å². The Labute approximate surface area is 212 Å². The molecule has 4 heteroatoms. The normalized spacial score (nSPS) is 10.8. The van der Waals surface area contributed by atoms with Crippen LogP contribution in [0.2, 0.25) is 0 Å². The van der Waals surface area contributed by atoms with Crippen LogP contribution in [0.1, 0.15) is 117 Å². The molecule has 192 valence electrons. The third kappa shape index (κ3) is 9.87. The number of aryl methyl sites for hydroxylation is 1. The Morgan fingerprint density at radius 2 is 1.11 bits per heavy atom. The first-order valence-electron chi connectivity index (χ1n) is 13.6. The lowest BCUT2D eigenvalue weighted by molar-refractivity contribution is 0.0451. The van der Waals surface area contributed by atoms with E-state index in [9.17, 15) is 9.59 Å². The predicted octanol–water partition coefficient (Wildman–Crippen LogP) is 8.70. The number of benzene rings is 2. The Bertz CT molecular complexity index is 903. The van der Waals surface area contributed by atoms with Gasteiger partial charge in [-0.05, 0) is 42.5 Å². The zero-order chi connectivity index (χ0) is 25.3. The zero-order valence-electron chi connectivity index (χ0n) is 22.1. The Balaban J connectivity index is 2.11. The summed E-state index contributed by atoms with van der Waals surface area (Å²) in [5, 5.41) is 0. The van der Waals surface area contributed by atoms with E-state index in [0.717, 1.165) is 49.7 Å². The first kappa shape index (κ1) is 28.6. The Kier molecular flexibility index (Phi) is 13.8. The molecule has 0 fully saturated rings. The molecule has 0 saturated heterocycles. The van der Waals surface area contributed by atoms with Gasteiger partial charge in [0.1, 0.15) is 0 Å². The largest absolute Gasteiger partial charge is 0.462 e. The van der Waals surface area contributed by atoms with E-state index in [1.165, 1.54) is 38.5 Å². The van der Waals surface area contributed by atoms with Crippen molar-refractivity contribution in [2.24, 2.45) is 0 Å². The van der Waals surface area contributed by atoms with Crippen LogP contribution in [-0.2, 0) is 9.47 Å². The fourth-order valence-electron chi connectivity index (χ4n) is 4.29. The van der Waals surface area contributed by atoms with Gasteiger partial charge in [-0.2, -0.15) is 0 Å². The maximum Gasteiger partial charge on any atom is 0.339 e. The van der Waals surface area contributed by atoms with E-state index in [2.05, 4.69) is 13.8 Å². The predicted molar refractivity (Wildman–Crippen MR) is 144 cm³/mol. The minimum Gasteiger partial charge on any atom is -0.462 e. The number of carbonyl (C=O) groups excluding carboxylic acids is 2. The summed E-state index contributed by atoms with van der Waals surface area (Å²) in [4.78, 5) is 26.3. The molecule has 0 saturated carbocycles. The zero-order valence-corrected chi connectivity index (χ0v) is 22.1. The summed E-state index contributed by atoms with van der Waals surface area (Å²) in [7, 11) is 0. The third-order valence-electron chi connectivity index (χ3n) is 6.39. The standard InChI is InChI=1S/C31H44O4/c1-4-6-8-10-12-16-23-34-30(32)28-22-18-21-27(26-20-15-14-19-25(26)3)29(28)31(33)35-24-17-13-11-9-7-5-2/h14-15,18-22H,4-13,16-17,23-24H2,1-3H3. The molecular formula is C31H44O4. The van der Waals surface area contributed by atoms with E-state index >= 15 is 0 Å². The molecule has 2 aromatic carbocycles. The summed E-state index contributed by atoms with van der Waals surface area (Å²) in [6.45, 7) is 7.13. The van der Waals surface area contributed by atoms with Crippen LogP contribution in [0.4, 0.5) is 0 Å². The van der Waals surface area contributed by atoms with Crippen molar-refractivity contribution in [2.45, 2.75) is 97.8 Å². The van der Waals surface area contributed by atoms with Crippen molar-refractivity contribution in [2.75, 3.05) is 13.2 Å². The molecule has 0 N–H and O–H groups in total. The van der Waals surface area contributed by atoms with Crippen molar-refractivity contribution in [3.05, 3.63) is 59.2 Å². The summed E-state index contributed by atoms with van der Waals surface area (Å²) in [5.74, 6) is -0.913. The summed E-state index contributed by atoms with van der Waals surface area (Å²) in [6.07, 6.45) is 13.4. The van der Waals surface area contributed by atoms with Gasteiger partial charge in [-0.15, -0.1) is 0 Å². The van der Waals surface area contributed by atoms with Gasteiger partial charge in [-0.3, -0.25) is 0 Å². The van der Waals surface area contributed by atoms with E-state index < -0.39 is 11.9 Å². The fourth-order valence-corrected chi connectivity index (χ4v) is 4.29. The molecule has 35 heavy (non-hydrogen) atoms. The van der Waals surface area contributed by atoms with Crippen LogP contribution in [0.3, 0.4) is 0 Å². The summed E-state index contributed by atoms with van der Waals surface area (Å²) >= 11 is 0. The minimum absolute atomic E-state index is 0.282. The quantitative estimate of drug-likeness (QED) is 0.168. The number of hydrogen-bond donors (Lipinski definition) is 0. The van der Waals surface area contributed by atoms with E-state index in [1.807, 2.05) is 43.3 Å². The highest BCUT2D eigenvalue weighted by molar-refractivity contribution is 6.08. The lowest BCUT2D eigenvalue weighted by Crippen LogP contribution is -2.16. The van der Waals surface area contributed by atoms with Crippen LogP contribution in [0.5, 0.6) is 0 Å². The van der Waals surface area contributed by atoms with Crippen molar-refractivity contribution in [3.63, 3.8) is 0 Å². The van der Waals surface area contributed by atoms with Crippen molar-refractivity contribution in [1.82, 2.24) is 0 Å². The van der Waals surface area contributed by atoms with Crippen molar-refractivity contribution in [3.8, 4) is 11.1 Å². The van der Waals surface area contributed by atoms with Crippen molar-refractivity contribution >= 4 is 11.9 Å². The Morgan fingerprint density at radius 3 is 1.71 bits per heavy atom. The number of hydrogen-bond acceptors (Lipinski definition) is 4. The van der Waals surface area contributed by atoms with Gasteiger partial charge in [0.05, 0.1) is 24.3 Å². The molecule has 4 nitrogen and oxygen atoms in total. The average Bonchev–Trinajstić information content (AvgIpc) is 2.87. The fraction of sp³-hybridized carbons (Fsp3) is 0.548. The highest BCUT2D eigenvalue weighted by Crippen LogP contribution is 2.30. The Hall–Kier alpha value is -2.62. The lowest BCUT2D eigenvalue weighted by Gasteiger charge is -2.15. The van der Waals surface area contributed by atoms with Crippen LogP contribution in [-0.4, -0.2) is 25.2 Å². The van der Waals surface area contributed by atoms with Gasteiger partial charge in [0.25, 0.3) is 0 Å². The molecule has 2 aromatic rings. The number of ether oxygens (including phenoxy) is 2. The van der Waals surface area contributed by atoms with Crippen LogP contribution in [0.15, 0.2) is 42.5 Å². The highest BCUT2D eigenvalue weighted by Gasteiger charge is 2.24. The monoisotopic (exact) mass is 480 g/mol. The molecule has 0 aliphatic rings. The van der Waals surface area contributed by atoms with Gasteiger partial charge in [-0.25, -0.2) is 9.59 Å². The molecule has 2 rings (SSSR count). The van der Waals surface area contributed by atoms with Gasteiger partial charge in [-0.1, -0.05) is 114 Å². The summed E-state index contributed by atoms with van der Waals surface area (Å²) < 4.78 is 11.2.